The molecule has 3 atom stereocenters. The van der Waals surface area contributed by atoms with Crippen molar-refractivity contribution in [1.29, 1.82) is 5.26 Å². The number of halogens is 3. The van der Waals surface area contributed by atoms with Crippen molar-refractivity contribution in [3.8, 4) is 11.8 Å². The van der Waals surface area contributed by atoms with Crippen LogP contribution in [0.3, 0.4) is 0 Å². The molecule has 6 heterocycles. The fourth-order valence-corrected chi connectivity index (χ4v) is 11.5. The van der Waals surface area contributed by atoms with E-state index in [1.807, 2.05) is 11.0 Å². The Bertz CT molecular complexity index is 2350. The Hall–Kier alpha value is -5.09. The lowest BCUT2D eigenvalue weighted by molar-refractivity contribution is -0.156. The predicted octanol–water partition coefficient (Wildman–Crippen LogP) is 5.14. The van der Waals surface area contributed by atoms with Crippen LogP contribution in [0.1, 0.15) is 95.1 Å². The van der Waals surface area contributed by atoms with E-state index in [0.29, 0.717) is 84.4 Å². The summed E-state index contributed by atoms with van der Waals surface area (Å²) in [7, 11) is 0. The molecular formula is C46H53ClF2N10O5S. The second-order valence-electron chi connectivity index (χ2n) is 18.2. The monoisotopic (exact) mass is 930 g/mol. The zero-order chi connectivity index (χ0) is 45.6. The number of piperazine rings is 1. The van der Waals surface area contributed by atoms with E-state index in [0.717, 1.165) is 51.4 Å². The number of imide groups is 1. The number of anilines is 2. The van der Waals surface area contributed by atoms with Crippen molar-refractivity contribution in [2.45, 2.75) is 93.3 Å². The summed E-state index contributed by atoms with van der Waals surface area (Å²) in [6.07, 6.45) is 4.64. The number of benzene rings is 2. The van der Waals surface area contributed by atoms with Gasteiger partial charge in [0.25, 0.3) is 23.6 Å². The van der Waals surface area contributed by atoms with Gasteiger partial charge in [-0.25, -0.2) is 8.78 Å². The zero-order valence-electron chi connectivity index (χ0n) is 36.0. The number of nitrogens with zero attached hydrogens (tertiary/aromatic N) is 9. The Morgan fingerprint density at radius 3 is 2.29 bits per heavy atom. The van der Waals surface area contributed by atoms with Gasteiger partial charge >= 0.3 is 0 Å². The zero-order valence-corrected chi connectivity index (χ0v) is 37.7. The number of carbonyl (C=O) groups is 4. The van der Waals surface area contributed by atoms with Crippen LogP contribution in [0.2, 0.25) is 5.02 Å². The largest absolute Gasteiger partial charge is 0.490 e. The van der Waals surface area contributed by atoms with Gasteiger partial charge in [-0.05, 0) is 99.2 Å². The third kappa shape index (κ3) is 9.21. The van der Waals surface area contributed by atoms with E-state index in [-0.39, 0.29) is 43.0 Å². The van der Waals surface area contributed by atoms with Crippen molar-refractivity contribution in [2.75, 3.05) is 68.7 Å². The Morgan fingerprint density at radius 2 is 1.63 bits per heavy atom. The first-order valence-electron chi connectivity index (χ1n) is 22.6. The summed E-state index contributed by atoms with van der Waals surface area (Å²) in [6.45, 7) is 5.11. The predicted molar refractivity (Wildman–Crippen MR) is 241 cm³/mol. The standard InChI is InChI=1S/C46H53ClF2N10O5S/c47-36-24-33(5-1-29(36)25-50)64-32-6-2-30(3-7-32)58-41(60)12-10-38(44(58)63)59-43(62)35-23-31(4-8-34(35)45(59)65)57-18-15-39(46(48,49)27-57)55-21-19-54(20-22-55)26-28-13-16-56(17-14-28)40-11-9-37(42(51)61)52-53-40/h1,4-5,8-9,11,23-24,28,30,32,38-39,45,65H,2-3,6-7,10,12-22,26-27H2,(H2,51,61)/t30?,32?,38-,39-,45-/m1/s1. The topological polar surface area (TPSA) is 173 Å². The molecule has 0 bridgehead atoms. The molecule has 4 amide bonds. The maximum Gasteiger partial charge on any atom is 0.280 e. The summed E-state index contributed by atoms with van der Waals surface area (Å²) >= 11 is 11.0. The smallest absolute Gasteiger partial charge is 0.280 e. The maximum absolute atomic E-state index is 16.1. The molecule has 19 heteroatoms. The number of hydrogen-bond donors (Lipinski definition) is 2. The highest BCUT2D eigenvalue weighted by molar-refractivity contribution is 7.80. The summed E-state index contributed by atoms with van der Waals surface area (Å²) in [4.78, 5) is 63.9. The summed E-state index contributed by atoms with van der Waals surface area (Å²) in [5.74, 6) is -2.91. The van der Waals surface area contributed by atoms with Crippen molar-refractivity contribution in [3.05, 3.63) is 75.9 Å². The minimum Gasteiger partial charge on any atom is -0.490 e. The van der Waals surface area contributed by atoms with E-state index >= 15 is 8.78 Å². The first-order chi connectivity index (χ1) is 31.3. The van der Waals surface area contributed by atoms with Crippen LogP contribution >= 0.6 is 24.2 Å². The van der Waals surface area contributed by atoms with Crippen molar-refractivity contribution in [3.63, 3.8) is 0 Å². The first-order valence-corrected chi connectivity index (χ1v) is 23.5. The molecule has 2 N–H and O–H groups in total. The Labute approximate surface area is 387 Å². The van der Waals surface area contributed by atoms with Gasteiger partial charge < -0.3 is 30.1 Å². The molecule has 1 aliphatic carbocycles. The lowest BCUT2D eigenvalue weighted by atomic mass is 9.89. The normalized spacial score (nSPS) is 26.9. The van der Waals surface area contributed by atoms with Crippen LogP contribution in [0.25, 0.3) is 0 Å². The molecule has 15 nitrogen and oxygen atoms in total. The van der Waals surface area contributed by atoms with E-state index in [1.54, 1.807) is 53.4 Å². The number of hydrogen-bond acceptors (Lipinski definition) is 13. The number of thiol groups is 1. The molecule has 1 aromatic heterocycles. The molecule has 65 heavy (non-hydrogen) atoms. The highest BCUT2D eigenvalue weighted by Crippen LogP contribution is 2.43. The van der Waals surface area contributed by atoms with Gasteiger partial charge in [0.05, 0.1) is 29.3 Å². The third-order valence-corrected chi connectivity index (χ3v) is 15.1. The maximum atomic E-state index is 16.1. The van der Waals surface area contributed by atoms with Crippen LogP contribution in [-0.4, -0.2) is 142 Å². The van der Waals surface area contributed by atoms with Gasteiger partial charge in [-0.1, -0.05) is 17.7 Å². The molecule has 0 radical (unpaired) electrons. The molecular weight excluding hydrogens is 878 g/mol. The molecule has 344 valence electrons. The lowest BCUT2D eigenvalue weighted by Gasteiger charge is -2.47. The molecule has 5 aliphatic heterocycles. The van der Waals surface area contributed by atoms with Crippen molar-refractivity contribution < 1.29 is 32.7 Å². The molecule has 6 aliphatic rings. The highest BCUT2D eigenvalue weighted by atomic mass is 35.5. The van der Waals surface area contributed by atoms with Crippen LogP contribution in [-0.2, 0) is 9.59 Å². The number of likely N-dealkylation sites (tertiary alicyclic amines) is 1. The number of piperidine rings is 3. The van der Waals surface area contributed by atoms with Crippen LogP contribution in [0, 0.1) is 17.2 Å². The second-order valence-corrected chi connectivity index (χ2v) is 19.1. The van der Waals surface area contributed by atoms with Gasteiger partial charge in [-0.2, -0.15) is 5.26 Å². The SMILES string of the molecule is N#Cc1ccc(OC2CCC(N3C(=O)CC[C@@H](N4C(=O)c5cc(N6CC[C@@H](N7CCN(CC8CCN(c9ccc(C(N)=O)nn9)CC8)CC7)C(F)(F)C6)ccc5[C@H]4S)C3=O)CC2)cc1Cl. The Morgan fingerprint density at radius 1 is 0.892 bits per heavy atom. The van der Waals surface area contributed by atoms with Crippen LogP contribution in [0.4, 0.5) is 20.3 Å². The van der Waals surface area contributed by atoms with E-state index in [1.165, 1.54) is 9.80 Å². The van der Waals surface area contributed by atoms with Gasteiger partial charge in [-0.3, -0.25) is 29.0 Å². The third-order valence-electron chi connectivity index (χ3n) is 14.3. The summed E-state index contributed by atoms with van der Waals surface area (Å²) in [5.41, 5.74) is 7.25. The van der Waals surface area contributed by atoms with E-state index in [4.69, 9.17) is 34.7 Å². The Balaban J connectivity index is 0.762. The first kappa shape index (κ1) is 45.1. The lowest BCUT2D eigenvalue weighted by Crippen LogP contribution is -2.62. The fourth-order valence-electron chi connectivity index (χ4n) is 10.8. The van der Waals surface area contributed by atoms with Gasteiger partial charge in [0.15, 0.2) is 11.5 Å². The van der Waals surface area contributed by atoms with Crippen LogP contribution < -0.4 is 20.3 Å². The van der Waals surface area contributed by atoms with Gasteiger partial charge in [-0.15, -0.1) is 22.8 Å². The van der Waals surface area contributed by atoms with E-state index < -0.39 is 47.6 Å². The molecule has 4 saturated heterocycles. The van der Waals surface area contributed by atoms with Crippen molar-refractivity contribution in [2.24, 2.45) is 11.7 Å². The van der Waals surface area contributed by atoms with Gasteiger partial charge in [0.2, 0.25) is 5.91 Å². The quantitative estimate of drug-likeness (QED) is 0.203. The van der Waals surface area contributed by atoms with Crippen molar-refractivity contribution >= 4 is 59.4 Å². The molecule has 5 fully saturated rings. The molecule has 1 saturated carbocycles. The average Bonchev–Trinajstić information content (AvgIpc) is 3.55. The number of primary amides is 1. The molecule has 0 unspecified atom stereocenters. The number of rotatable bonds is 10. The Kier molecular flexibility index (Phi) is 12.9. The number of amides is 4. The summed E-state index contributed by atoms with van der Waals surface area (Å²) in [5, 5.41) is 16.8. The number of nitriles is 1. The summed E-state index contributed by atoms with van der Waals surface area (Å²) in [6, 6.07) is 13.4. The fraction of sp³-hybridized carbons (Fsp3) is 0.543. The second kappa shape index (κ2) is 18.7. The number of ether oxygens (including phenoxy) is 1. The average molecular weight is 932 g/mol. The molecule has 3 aromatic rings. The highest BCUT2D eigenvalue weighted by Gasteiger charge is 2.50. The number of aromatic nitrogens is 2. The molecule has 9 rings (SSSR count). The van der Waals surface area contributed by atoms with Gasteiger partial charge in [0, 0.05) is 82.1 Å². The molecule has 0 spiro atoms. The molecule has 2 aromatic carbocycles. The number of carbonyl (C=O) groups excluding carboxylic acids is 4. The van der Waals surface area contributed by atoms with Crippen LogP contribution in [0.15, 0.2) is 48.5 Å². The minimum absolute atomic E-state index is 0.107. The van der Waals surface area contributed by atoms with Crippen LogP contribution in [0.5, 0.6) is 5.75 Å². The number of fused-ring (bicyclic) bond motifs is 1. The van der Waals surface area contributed by atoms with E-state index in [9.17, 15) is 24.4 Å². The minimum atomic E-state index is -2.99. The van der Waals surface area contributed by atoms with Crippen molar-refractivity contribution in [1.82, 2.24) is 29.8 Å². The number of nitrogens with two attached hydrogens (primary N) is 1. The summed E-state index contributed by atoms with van der Waals surface area (Å²) < 4.78 is 38.4. The van der Waals surface area contributed by atoms with E-state index in [2.05, 4.69) is 20.0 Å². The van der Waals surface area contributed by atoms with Gasteiger partial charge in [0.1, 0.15) is 23.2 Å². The number of alkyl halides is 2.